The molecule has 0 bridgehead atoms. The number of nitrogens with zero attached hydrogens (tertiary/aromatic N) is 2. The van der Waals surface area contributed by atoms with E-state index in [2.05, 4.69) is 42.5 Å². The van der Waals surface area contributed by atoms with E-state index in [4.69, 9.17) is 9.57 Å². The van der Waals surface area contributed by atoms with Gasteiger partial charge in [-0.2, -0.15) is 5.06 Å². The number of benzene rings is 2. The molecule has 2 aliphatic heterocycles. The van der Waals surface area contributed by atoms with Crippen LogP contribution >= 0.6 is 0 Å². The molecule has 4 rings (SSSR count). The average Bonchev–Trinajstić information content (AvgIpc) is 3.20. The Morgan fingerprint density at radius 2 is 1.96 bits per heavy atom. The number of hydrogen-bond acceptors (Lipinski definition) is 4. The van der Waals surface area contributed by atoms with Gasteiger partial charge in [0.2, 0.25) is 5.91 Å². The lowest BCUT2D eigenvalue weighted by Gasteiger charge is -2.33. The minimum Gasteiger partial charge on any atom is -0.374 e. The summed E-state index contributed by atoms with van der Waals surface area (Å²) in [6.07, 6.45) is 2.46. The van der Waals surface area contributed by atoms with Crippen molar-refractivity contribution in [1.82, 2.24) is 9.96 Å². The molecule has 1 amide bonds. The highest BCUT2D eigenvalue weighted by atomic mass is 16.7. The van der Waals surface area contributed by atoms with Gasteiger partial charge >= 0.3 is 0 Å². The van der Waals surface area contributed by atoms with Gasteiger partial charge in [-0.05, 0) is 22.8 Å². The Morgan fingerprint density at radius 1 is 1.08 bits per heavy atom. The lowest BCUT2D eigenvalue weighted by atomic mass is 9.99. The molecule has 5 heteroatoms. The lowest BCUT2D eigenvalue weighted by molar-refractivity contribution is -0.145. The van der Waals surface area contributed by atoms with Crippen molar-refractivity contribution >= 4 is 16.7 Å². The SMILES string of the molecule is O=C(CCN1CCCO1)N1CCO[C@H](Cc2cccc3ccccc23)C1. The number of morpholine rings is 1. The number of carbonyl (C=O) groups is 1. The number of hydrogen-bond donors (Lipinski definition) is 0. The molecule has 5 nitrogen and oxygen atoms in total. The average molecular weight is 354 g/mol. The number of carbonyl (C=O) groups excluding carboxylic acids is 1. The minimum absolute atomic E-state index is 0.0570. The maximum absolute atomic E-state index is 12.6. The molecule has 0 spiro atoms. The van der Waals surface area contributed by atoms with E-state index in [1.165, 1.54) is 16.3 Å². The highest BCUT2D eigenvalue weighted by Crippen LogP contribution is 2.22. The smallest absolute Gasteiger partial charge is 0.224 e. The zero-order valence-corrected chi connectivity index (χ0v) is 15.1. The Morgan fingerprint density at radius 3 is 2.85 bits per heavy atom. The van der Waals surface area contributed by atoms with Crippen molar-refractivity contribution in [3.63, 3.8) is 0 Å². The maximum atomic E-state index is 12.6. The molecular formula is C21H26N2O3. The number of amides is 1. The second-order valence-electron chi connectivity index (χ2n) is 7.04. The Kier molecular flexibility index (Phi) is 5.48. The van der Waals surface area contributed by atoms with Crippen molar-refractivity contribution < 1.29 is 14.4 Å². The molecule has 1 atom stereocenters. The summed E-state index contributed by atoms with van der Waals surface area (Å²) < 4.78 is 5.96. The first kappa shape index (κ1) is 17.5. The summed E-state index contributed by atoms with van der Waals surface area (Å²) in [4.78, 5) is 20.0. The molecule has 2 fully saturated rings. The van der Waals surface area contributed by atoms with Crippen LogP contribution in [0, 0.1) is 0 Å². The molecule has 2 aliphatic rings. The van der Waals surface area contributed by atoms with Gasteiger partial charge < -0.3 is 9.64 Å². The van der Waals surface area contributed by atoms with Crippen LogP contribution in [-0.2, 0) is 20.8 Å². The van der Waals surface area contributed by atoms with Crippen LogP contribution in [0.15, 0.2) is 42.5 Å². The van der Waals surface area contributed by atoms with E-state index in [1.807, 2.05) is 9.96 Å². The van der Waals surface area contributed by atoms with E-state index in [0.29, 0.717) is 32.7 Å². The van der Waals surface area contributed by atoms with Gasteiger partial charge in [0.25, 0.3) is 0 Å². The second kappa shape index (κ2) is 8.16. The van der Waals surface area contributed by atoms with Crippen molar-refractivity contribution in [2.24, 2.45) is 0 Å². The monoisotopic (exact) mass is 354 g/mol. The van der Waals surface area contributed by atoms with Gasteiger partial charge in [0.1, 0.15) is 0 Å². The van der Waals surface area contributed by atoms with E-state index in [-0.39, 0.29) is 12.0 Å². The van der Waals surface area contributed by atoms with Crippen LogP contribution in [0.4, 0.5) is 0 Å². The van der Waals surface area contributed by atoms with Crippen LogP contribution in [-0.4, -0.2) is 61.4 Å². The van der Waals surface area contributed by atoms with Gasteiger partial charge in [-0.25, -0.2) is 0 Å². The predicted molar refractivity (Wildman–Crippen MR) is 101 cm³/mol. The molecule has 0 N–H and O–H groups in total. The summed E-state index contributed by atoms with van der Waals surface area (Å²) in [5, 5.41) is 4.43. The van der Waals surface area contributed by atoms with E-state index in [9.17, 15) is 4.79 Å². The Balaban J connectivity index is 1.36. The third-order valence-electron chi connectivity index (χ3n) is 5.22. The van der Waals surface area contributed by atoms with Crippen molar-refractivity contribution in [1.29, 1.82) is 0 Å². The first-order valence-corrected chi connectivity index (χ1v) is 9.53. The number of rotatable bonds is 5. The molecule has 0 unspecified atom stereocenters. The third kappa shape index (κ3) is 4.06. The number of fused-ring (bicyclic) bond motifs is 1. The normalized spacial score (nSPS) is 21.4. The number of ether oxygens (including phenoxy) is 1. The predicted octanol–water partition coefficient (Wildman–Crippen LogP) is 2.64. The first-order valence-electron chi connectivity index (χ1n) is 9.53. The van der Waals surface area contributed by atoms with Crippen molar-refractivity contribution in [2.75, 3.05) is 39.4 Å². The van der Waals surface area contributed by atoms with E-state index in [1.54, 1.807) is 0 Å². The summed E-state index contributed by atoms with van der Waals surface area (Å²) in [5.41, 5.74) is 1.29. The first-order chi connectivity index (χ1) is 12.8. The van der Waals surface area contributed by atoms with Gasteiger partial charge in [-0.15, -0.1) is 0 Å². The molecular weight excluding hydrogens is 328 g/mol. The van der Waals surface area contributed by atoms with Gasteiger partial charge in [0.05, 0.1) is 19.3 Å². The highest BCUT2D eigenvalue weighted by Gasteiger charge is 2.25. The fourth-order valence-electron chi connectivity index (χ4n) is 3.84. The molecule has 2 heterocycles. The molecule has 26 heavy (non-hydrogen) atoms. The Labute approximate surface area is 154 Å². The van der Waals surface area contributed by atoms with Gasteiger partial charge in [0.15, 0.2) is 0 Å². The van der Waals surface area contributed by atoms with Crippen LogP contribution in [0.3, 0.4) is 0 Å². The molecule has 138 valence electrons. The standard InChI is InChI=1S/C21H26N2O3/c24-21(9-11-23-10-4-13-26-23)22-12-14-25-19(16-22)15-18-7-3-6-17-5-1-2-8-20(17)18/h1-3,5-8,19H,4,9-16H2/t19-/m1/s1. The largest absolute Gasteiger partial charge is 0.374 e. The molecule has 0 aromatic heterocycles. The third-order valence-corrected chi connectivity index (χ3v) is 5.22. The minimum atomic E-state index is 0.0570. The molecule has 0 aliphatic carbocycles. The van der Waals surface area contributed by atoms with Gasteiger partial charge in [0, 0.05) is 39.0 Å². The van der Waals surface area contributed by atoms with E-state index >= 15 is 0 Å². The topological polar surface area (TPSA) is 42.0 Å². The molecule has 2 aromatic rings. The fourth-order valence-corrected chi connectivity index (χ4v) is 3.84. The summed E-state index contributed by atoms with van der Waals surface area (Å²) >= 11 is 0. The molecule has 0 radical (unpaired) electrons. The maximum Gasteiger partial charge on any atom is 0.224 e. The summed E-state index contributed by atoms with van der Waals surface area (Å²) in [6.45, 7) is 4.36. The lowest BCUT2D eigenvalue weighted by Crippen LogP contribution is -2.47. The second-order valence-corrected chi connectivity index (χ2v) is 7.04. The van der Waals surface area contributed by atoms with E-state index in [0.717, 1.165) is 26.0 Å². The number of hydroxylamine groups is 2. The van der Waals surface area contributed by atoms with Crippen molar-refractivity contribution in [3.05, 3.63) is 48.0 Å². The van der Waals surface area contributed by atoms with E-state index < -0.39 is 0 Å². The molecule has 0 saturated carbocycles. The van der Waals surface area contributed by atoms with Crippen molar-refractivity contribution in [3.8, 4) is 0 Å². The van der Waals surface area contributed by atoms with Gasteiger partial charge in [-0.3, -0.25) is 9.63 Å². The zero-order chi connectivity index (χ0) is 17.8. The van der Waals surface area contributed by atoms with Crippen LogP contribution in [0.25, 0.3) is 10.8 Å². The molecule has 2 saturated heterocycles. The summed E-state index contributed by atoms with van der Waals surface area (Å²) in [7, 11) is 0. The Bertz CT molecular complexity index is 753. The van der Waals surface area contributed by atoms with Crippen LogP contribution in [0.1, 0.15) is 18.4 Å². The summed E-state index contributed by atoms with van der Waals surface area (Å²) in [6, 6.07) is 14.8. The zero-order valence-electron chi connectivity index (χ0n) is 15.1. The van der Waals surface area contributed by atoms with Crippen molar-refractivity contribution in [2.45, 2.75) is 25.4 Å². The summed E-state index contributed by atoms with van der Waals surface area (Å²) in [5.74, 6) is 0.201. The van der Waals surface area contributed by atoms with Crippen LogP contribution in [0.2, 0.25) is 0 Å². The fraction of sp³-hybridized carbons (Fsp3) is 0.476. The quantitative estimate of drug-likeness (QED) is 0.828. The van der Waals surface area contributed by atoms with Crippen LogP contribution < -0.4 is 0 Å². The Hall–Kier alpha value is -1.95. The van der Waals surface area contributed by atoms with Crippen LogP contribution in [0.5, 0.6) is 0 Å². The van der Waals surface area contributed by atoms with Gasteiger partial charge in [-0.1, -0.05) is 42.5 Å². The molecule has 2 aromatic carbocycles. The highest BCUT2D eigenvalue weighted by molar-refractivity contribution is 5.85.